The molecule has 0 radical (unpaired) electrons. The molecule has 64 valence electrons. The fraction of sp³-hybridized carbons (Fsp3) is 0.818. The summed E-state index contributed by atoms with van der Waals surface area (Å²) in [6.07, 6.45) is 7.36. The Balaban J connectivity index is 2.73. The van der Waals surface area contributed by atoms with Gasteiger partial charge in [-0.2, -0.15) is 0 Å². The fourth-order valence-electron chi connectivity index (χ4n) is 2.03. The van der Waals surface area contributed by atoms with Crippen LogP contribution in [-0.2, 0) is 0 Å². The van der Waals surface area contributed by atoms with Crippen LogP contribution in [-0.4, -0.2) is 0 Å². The van der Waals surface area contributed by atoms with Crippen LogP contribution in [0.15, 0.2) is 12.2 Å². The molecule has 0 aliphatic heterocycles. The summed E-state index contributed by atoms with van der Waals surface area (Å²) in [5.41, 5.74) is 0.429. The van der Waals surface area contributed by atoms with Crippen molar-refractivity contribution >= 4 is 0 Å². The molecule has 0 amide bonds. The summed E-state index contributed by atoms with van der Waals surface area (Å²) in [5, 5.41) is 0. The zero-order chi connectivity index (χ0) is 8.48. The van der Waals surface area contributed by atoms with E-state index in [4.69, 9.17) is 0 Å². The van der Waals surface area contributed by atoms with E-state index >= 15 is 0 Å². The van der Waals surface area contributed by atoms with Gasteiger partial charge in [0.2, 0.25) is 0 Å². The van der Waals surface area contributed by atoms with Crippen molar-refractivity contribution < 1.29 is 0 Å². The lowest BCUT2D eigenvalue weighted by molar-refractivity contribution is 0.188. The topological polar surface area (TPSA) is 0 Å². The molecule has 0 fully saturated rings. The van der Waals surface area contributed by atoms with Crippen molar-refractivity contribution in [2.45, 2.75) is 40.5 Å². The van der Waals surface area contributed by atoms with Crippen LogP contribution < -0.4 is 0 Å². The van der Waals surface area contributed by atoms with E-state index in [9.17, 15) is 0 Å². The standard InChI is InChI=1S/C11H20/c1-5-10-7-6-8-11(3,4)9(10)2/h6,8-10H,5,7H2,1-4H3. The van der Waals surface area contributed by atoms with Crippen LogP contribution in [0.3, 0.4) is 0 Å². The molecule has 0 N–H and O–H groups in total. The molecule has 0 aromatic heterocycles. The van der Waals surface area contributed by atoms with E-state index in [0.717, 1.165) is 11.8 Å². The molecule has 1 aliphatic rings. The van der Waals surface area contributed by atoms with E-state index in [1.807, 2.05) is 0 Å². The Hall–Kier alpha value is -0.260. The Labute approximate surface area is 70.7 Å². The second kappa shape index (κ2) is 3.00. The van der Waals surface area contributed by atoms with E-state index in [0.29, 0.717) is 5.41 Å². The second-order valence-corrected chi connectivity index (χ2v) is 4.42. The van der Waals surface area contributed by atoms with Crippen LogP contribution >= 0.6 is 0 Å². The molecular weight excluding hydrogens is 132 g/mol. The van der Waals surface area contributed by atoms with Gasteiger partial charge in [0.25, 0.3) is 0 Å². The first kappa shape index (κ1) is 8.83. The maximum atomic E-state index is 2.39. The van der Waals surface area contributed by atoms with Crippen LogP contribution in [0.25, 0.3) is 0 Å². The highest BCUT2D eigenvalue weighted by Crippen LogP contribution is 2.40. The van der Waals surface area contributed by atoms with Crippen molar-refractivity contribution in [1.82, 2.24) is 0 Å². The Morgan fingerprint density at radius 2 is 2.09 bits per heavy atom. The van der Waals surface area contributed by atoms with Crippen LogP contribution in [0.5, 0.6) is 0 Å². The predicted octanol–water partition coefficient (Wildman–Crippen LogP) is 3.63. The third-order valence-corrected chi connectivity index (χ3v) is 3.39. The molecule has 0 nitrogen and oxygen atoms in total. The van der Waals surface area contributed by atoms with Gasteiger partial charge in [0.05, 0.1) is 0 Å². The number of rotatable bonds is 1. The van der Waals surface area contributed by atoms with Crippen molar-refractivity contribution in [2.75, 3.05) is 0 Å². The molecule has 0 bridgehead atoms. The highest BCUT2D eigenvalue weighted by molar-refractivity contribution is 5.04. The van der Waals surface area contributed by atoms with Crippen LogP contribution in [0.2, 0.25) is 0 Å². The fourth-order valence-corrected chi connectivity index (χ4v) is 2.03. The largest absolute Gasteiger partial charge is 0.0877 e. The number of allylic oxidation sites excluding steroid dienone is 2. The molecule has 11 heavy (non-hydrogen) atoms. The average Bonchev–Trinajstić information content (AvgIpc) is 1.95. The predicted molar refractivity (Wildman–Crippen MR) is 50.5 cm³/mol. The van der Waals surface area contributed by atoms with Crippen LogP contribution in [0.1, 0.15) is 40.5 Å². The lowest BCUT2D eigenvalue weighted by Crippen LogP contribution is -2.29. The first-order valence-corrected chi connectivity index (χ1v) is 4.75. The van der Waals surface area contributed by atoms with Crippen molar-refractivity contribution in [1.29, 1.82) is 0 Å². The minimum atomic E-state index is 0.429. The number of hydrogen-bond donors (Lipinski definition) is 0. The Morgan fingerprint density at radius 3 is 2.55 bits per heavy atom. The molecule has 0 aromatic rings. The molecule has 0 heteroatoms. The van der Waals surface area contributed by atoms with Crippen LogP contribution in [0, 0.1) is 17.3 Å². The summed E-state index contributed by atoms with van der Waals surface area (Å²) >= 11 is 0. The quantitative estimate of drug-likeness (QED) is 0.503. The number of hydrogen-bond acceptors (Lipinski definition) is 0. The maximum absolute atomic E-state index is 2.39. The summed E-state index contributed by atoms with van der Waals surface area (Å²) < 4.78 is 0. The maximum Gasteiger partial charge on any atom is -0.0146 e. The minimum absolute atomic E-state index is 0.429. The average molecular weight is 152 g/mol. The Morgan fingerprint density at radius 1 is 1.45 bits per heavy atom. The molecule has 0 aromatic carbocycles. The third kappa shape index (κ3) is 1.66. The van der Waals surface area contributed by atoms with Crippen LogP contribution in [0.4, 0.5) is 0 Å². The highest BCUT2D eigenvalue weighted by atomic mass is 14.4. The van der Waals surface area contributed by atoms with E-state index in [2.05, 4.69) is 39.8 Å². The second-order valence-electron chi connectivity index (χ2n) is 4.42. The zero-order valence-electron chi connectivity index (χ0n) is 8.22. The molecule has 0 saturated heterocycles. The van der Waals surface area contributed by atoms with E-state index in [1.54, 1.807) is 0 Å². The first-order valence-electron chi connectivity index (χ1n) is 4.75. The summed E-state index contributed by atoms with van der Waals surface area (Å²) in [5.74, 6) is 1.76. The van der Waals surface area contributed by atoms with Crippen molar-refractivity contribution in [2.24, 2.45) is 17.3 Å². The molecular formula is C11H20. The van der Waals surface area contributed by atoms with Gasteiger partial charge in [0.15, 0.2) is 0 Å². The molecule has 0 spiro atoms. The van der Waals surface area contributed by atoms with Gasteiger partial charge in [0.1, 0.15) is 0 Å². The van der Waals surface area contributed by atoms with Crippen molar-refractivity contribution in [3.05, 3.63) is 12.2 Å². The molecule has 0 heterocycles. The van der Waals surface area contributed by atoms with Gasteiger partial charge in [-0.1, -0.05) is 46.3 Å². The van der Waals surface area contributed by atoms with E-state index in [-0.39, 0.29) is 0 Å². The normalized spacial score (nSPS) is 35.6. The molecule has 2 atom stereocenters. The molecule has 0 saturated carbocycles. The van der Waals surface area contributed by atoms with Crippen molar-refractivity contribution in [3.8, 4) is 0 Å². The van der Waals surface area contributed by atoms with Gasteiger partial charge in [0, 0.05) is 0 Å². The monoisotopic (exact) mass is 152 g/mol. The van der Waals surface area contributed by atoms with Gasteiger partial charge in [-0.15, -0.1) is 0 Å². The Kier molecular flexibility index (Phi) is 2.41. The van der Waals surface area contributed by atoms with Gasteiger partial charge in [-0.05, 0) is 23.7 Å². The van der Waals surface area contributed by atoms with Crippen molar-refractivity contribution in [3.63, 3.8) is 0 Å². The van der Waals surface area contributed by atoms with Gasteiger partial charge >= 0.3 is 0 Å². The summed E-state index contributed by atoms with van der Waals surface area (Å²) in [6, 6.07) is 0. The van der Waals surface area contributed by atoms with Gasteiger partial charge in [-0.3, -0.25) is 0 Å². The molecule has 1 aliphatic carbocycles. The summed E-state index contributed by atoms with van der Waals surface area (Å²) in [7, 11) is 0. The minimum Gasteiger partial charge on any atom is -0.0877 e. The van der Waals surface area contributed by atoms with Gasteiger partial charge < -0.3 is 0 Å². The smallest absolute Gasteiger partial charge is 0.0146 e. The zero-order valence-corrected chi connectivity index (χ0v) is 8.22. The SMILES string of the molecule is CCC1CC=CC(C)(C)C1C. The molecule has 1 rings (SSSR count). The highest BCUT2D eigenvalue weighted by Gasteiger charge is 2.31. The first-order chi connectivity index (χ1) is 5.08. The summed E-state index contributed by atoms with van der Waals surface area (Å²) in [6.45, 7) is 9.38. The van der Waals surface area contributed by atoms with E-state index in [1.165, 1.54) is 12.8 Å². The lowest BCUT2D eigenvalue weighted by Gasteiger charge is -2.38. The van der Waals surface area contributed by atoms with E-state index < -0.39 is 0 Å². The van der Waals surface area contributed by atoms with Gasteiger partial charge in [-0.25, -0.2) is 0 Å². The Bertz CT molecular complexity index is 153. The molecule has 2 unspecified atom stereocenters. The lowest BCUT2D eigenvalue weighted by atomic mass is 9.67. The summed E-state index contributed by atoms with van der Waals surface area (Å²) in [4.78, 5) is 0. The third-order valence-electron chi connectivity index (χ3n) is 3.39.